The summed E-state index contributed by atoms with van der Waals surface area (Å²) in [7, 11) is 0. The van der Waals surface area contributed by atoms with E-state index < -0.39 is 29.8 Å². The van der Waals surface area contributed by atoms with Gasteiger partial charge in [-0.1, -0.05) is 25.5 Å². The minimum Gasteiger partial charge on any atom is -0.356 e. The summed E-state index contributed by atoms with van der Waals surface area (Å²) in [6.07, 6.45) is 3.72. The summed E-state index contributed by atoms with van der Waals surface area (Å²) in [6, 6.07) is 4.38. The van der Waals surface area contributed by atoms with E-state index in [9.17, 15) is 28.0 Å². The molecule has 5 atom stereocenters. The van der Waals surface area contributed by atoms with Crippen LogP contribution in [0.2, 0.25) is 0 Å². The second-order valence-electron chi connectivity index (χ2n) is 11.0. The molecule has 3 aliphatic rings. The van der Waals surface area contributed by atoms with Gasteiger partial charge >= 0.3 is 0 Å². The number of Topliss-reactive ketones (excluding diaryl/α,β-unsaturated/α-hetero) is 1. The number of aromatic nitrogens is 1. The van der Waals surface area contributed by atoms with Crippen molar-refractivity contribution in [2.45, 2.75) is 70.4 Å². The summed E-state index contributed by atoms with van der Waals surface area (Å²) in [5, 5.41) is 5.93. The normalized spacial score (nSPS) is 25.9. The van der Waals surface area contributed by atoms with Crippen molar-refractivity contribution in [3.8, 4) is 0 Å². The molecule has 3 heterocycles. The summed E-state index contributed by atoms with van der Waals surface area (Å²) in [6.45, 7) is 3.49. The molecule has 2 saturated heterocycles. The fourth-order valence-electron chi connectivity index (χ4n) is 6.59. The average Bonchev–Trinajstić information content (AvgIpc) is 3.65. The zero-order chi connectivity index (χ0) is 27.2. The first-order valence-electron chi connectivity index (χ1n) is 13.5. The van der Waals surface area contributed by atoms with Crippen LogP contribution in [0.25, 0.3) is 10.9 Å². The molecule has 2 aromatic rings. The molecule has 1 aliphatic carbocycles. The maximum Gasteiger partial charge on any atom is 0.271 e. The van der Waals surface area contributed by atoms with Crippen molar-refractivity contribution in [2.75, 3.05) is 13.1 Å². The Labute approximate surface area is 219 Å². The van der Waals surface area contributed by atoms with Gasteiger partial charge in [0.05, 0.1) is 6.04 Å². The molecule has 1 aromatic heterocycles. The van der Waals surface area contributed by atoms with Crippen molar-refractivity contribution >= 4 is 34.4 Å². The number of ketones is 1. The van der Waals surface area contributed by atoms with Gasteiger partial charge in [0.25, 0.3) is 11.8 Å². The van der Waals surface area contributed by atoms with E-state index in [0.29, 0.717) is 25.0 Å². The number of hydrogen-bond acceptors (Lipinski definition) is 4. The lowest BCUT2D eigenvalue weighted by atomic mass is 9.91. The number of benzene rings is 1. The maximum atomic E-state index is 14.2. The molecule has 0 radical (unpaired) electrons. The van der Waals surface area contributed by atoms with Gasteiger partial charge in [0.15, 0.2) is 5.78 Å². The number of H-pyrrole nitrogens is 1. The van der Waals surface area contributed by atoms with Crippen molar-refractivity contribution in [1.82, 2.24) is 20.5 Å². The molecule has 2 aliphatic heterocycles. The van der Waals surface area contributed by atoms with Gasteiger partial charge in [0.2, 0.25) is 11.8 Å². The van der Waals surface area contributed by atoms with E-state index in [0.717, 1.165) is 26.2 Å². The minimum atomic E-state index is -3.08. The Kier molecular flexibility index (Phi) is 7.00. The molecular weight excluding hydrogens is 494 g/mol. The zero-order valence-corrected chi connectivity index (χ0v) is 21.7. The van der Waals surface area contributed by atoms with Crippen molar-refractivity contribution in [3.63, 3.8) is 0 Å². The highest BCUT2D eigenvalue weighted by molar-refractivity contribution is 6.02. The fourth-order valence-corrected chi connectivity index (χ4v) is 6.59. The van der Waals surface area contributed by atoms with Crippen LogP contribution in [0.1, 0.15) is 68.4 Å². The van der Waals surface area contributed by atoms with Gasteiger partial charge < -0.3 is 20.5 Å². The number of halogens is 2. The predicted octanol–water partition coefficient (Wildman–Crippen LogP) is 3.51. The SMILES string of the molecule is CCC(=O)C(CC1CCNC1=O)NC(=O)C1C2CCCC2CN1C(=O)c1cc2c(C(C)(F)F)cccc2[nH]1. The Morgan fingerprint density at radius 3 is 2.68 bits per heavy atom. The first kappa shape index (κ1) is 26.3. The average molecular weight is 529 g/mol. The van der Waals surface area contributed by atoms with Crippen LogP contribution < -0.4 is 10.6 Å². The summed E-state index contributed by atoms with van der Waals surface area (Å²) in [5.41, 5.74) is 0.407. The van der Waals surface area contributed by atoms with Gasteiger partial charge in [0, 0.05) is 48.8 Å². The molecule has 5 unspecified atom stereocenters. The lowest BCUT2D eigenvalue weighted by molar-refractivity contribution is -0.132. The number of carbonyl (C=O) groups excluding carboxylic acids is 4. The van der Waals surface area contributed by atoms with Crippen LogP contribution in [0.5, 0.6) is 0 Å². The summed E-state index contributed by atoms with van der Waals surface area (Å²) < 4.78 is 28.4. The van der Waals surface area contributed by atoms with Gasteiger partial charge in [0.1, 0.15) is 11.7 Å². The number of fused-ring (bicyclic) bond motifs is 2. The van der Waals surface area contributed by atoms with Crippen LogP contribution in [-0.4, -0.2) is 58.6 Å². The molecular formula is C28H34F2N4O4. The van der Waals surface area contributed by atoms with Crippen molar-refractivity contribution in [2.24, 2.45) is 17.8 Å². The van der Waals surface area contributed by atoms with Crippen LogP contribution in [0.3, 0.4) is 0 Å². The molecule has 1 aromatic carbocycles. The van der Waals surface area contributed by atoms with Gasteiger partial charge in [-0.15, -0.1) is 0 Å². The zero-order valence-electron chi connectivity index (χ0n) is 21.7. The molecule has 1 saturated carbocycles. The van der Waals surface area contributed by atoms with Crippen LogP contribution in [0.15, 0.2) is 24.3 Å². The Morgan fingerprint density at radius 2 is 2.00 bits per heavy atom. The molecule has 3 N–H and O–H groups in total. The lowest BCUT2D eigenvalue weighted by Gasteiger charge is -2.29. The van der Waals surface area contributed by atoms with E-state index in [1.165, 1.54) is 23.1 Å². The fraction of sp³-hybridized carbons (Fsp3) is 0.571. The van der Waals surface area contributed by atoms with Gasteiger partial charge in [-0.05, 0) is 49.7 Å². The van der Waals surface area contributed by atoms with Crippen LogP contribution in [0, 0.1) is 17.8 Å². The molecule has 5 rings (SSSR count). The number of likely N-dealkylation sites (tertiary alicyclic amines) is 1. The molecule has 38 heavy (non-hydrogen) atoms. The largest absolute Gasteiger partial charge is 0.356 e. The molecule has 3 amide bonds. The number of amides is 3. The van der Waals surface area contributed by atoms with Crippen molar-refractivity contribution in [1.29, 1.82) is 0 Å². The summed E-state index contributed by atoms with van der Waals surface area (Å²) >= 11 is 0. The molecule has 10 heteroatoms. The van der Waals surface area contributed by atoms with Crippen LogP contribution in [0.4, 0.5) is 8.78 Å². The Morgan fingerprint density at radius 1 is 1.21 bits per heavy atom. The third kappa shape index (κ3) is 4.80. The second-order valence-corrected chi connectivity index (χ2v) is 11.0. The Hall–Kier alpha value is -3.30. The van der Waals surface area contributed by atoms with Crippen LogP contribution >= 0.6 is 0 Å². The number of rotatable bonds is 8. The van der Waals surface area contributed by atoms with E-state index in [1.54, 1.807) is 13.0 Å². The number of nitrogens with zero attached hydrogens (tertiary/aromatic N) is 1. The van der Waals surface area contributed by atoms with Gasteiger partial charge in [-0.25, -0.2) is 8.78 Å². The molecule has 8 nitrogen and oxygen atoms in total. The Balaban J connectivity index is 1.41. The highest BCUT2D eigenvalue weighted by Crippen LogP contribution is 2.43. The number of alkyl halides is 2. The van der Waals surface area contributed by atoms with Crippen molar-refractivity contribution < 1.29 is 28.0 Å². The van der Waals surface area contributed by atoms with E-state index in [1.807, 2.05) is 0 Å². The quantitative estimate of drug-likeness (QED) is 0.487. The number of carbonyl (C=O) groups is 4. The minimum absolute atomic E-state index is 0.0361. The third-order valence-corrected chi connectivity index (χ3v) is 8.52. The number of nitrogens with one attached hydrogen (secondary N) is 3. The molecule has 0 spiro atoms. The van der Waals surface area contributed by atoms with E-state index >= 15 is 0 Å². The predicted molar refractivity (Wildman–Crippen MR) is 136 cm³/mol. The van der Waals surface area contributed by atoms with E-state index in [-0.39, 0.29) is 58.9 Å². The van der Waals surface area contributed by atoms with Crippen molar-refractivity contribution in [3.05, 3.63) is 35.5 Å². The highest BCUT2D eigenvalue weighted by Gasteiger charge is 2.50. The molecule has 3 fully saturated rings. The summed E-state index contributed by atoms with van der Waals surface area (Å²) in [4.78, 5) is 56.8. The molecule has 204 valence electrons. The third-order valence-electron chi connectivity index (χ3n) is 8.52. The van der Waals surface area contributed by atoms with Gasteiger partial charge in [-0.3, -0.25) is 19.2 Å². The van der Waals surface area contributed by atoms with Gasteiger partial charge in [-0.2, -0.15) is 0 Å². The maximum absolute atomic E-state index is 14.2. The molecule has 0 bridgehead atoms. The number of hydrogen-bond donors (Lipinski definition) is 3. The standard InChI is InChI=1S/C28H34F2N4O4/c1-3-23(35)21(12-15-10-11-31-25(15)36)33-26(37)24-17-7-4-6-16(17)14-34(24)27(38)22-13-18-19(28(2,29)30)8-5-9-20(18)32-22/h5,8-9,13,15-17,21,24,32H,3-4,6-7,10-12,14H2,1-2H3,(H,31,36)(H,33,37). The first-order chi connectivity index (χ1) is 18.1. The van der Waals surface area contributed by atoms with E-state index in [4.69, 9.17) is 0 Å². The smallest absolute Gasteiger partial charge is 0.271 e. The van der Waals surface area contributed by atoms with E-state index in [2.05, 4.69) is 15.6 Å². The second kappa shape index (κ2) is 10.1. The first-order valence-corrected chi connectivity index (χ1v) is 13.5. The summed E-state index contributed by atoms with van der Waals surface area (Å²) in [5.74, 6) is -4.37. The monoisotopic (exact) mass is 528 g/mol. The van der Waals surface area contributed by atoms with Crippen LogP contribution in [-0.2, 0) is 20.3 Å². The topological polar surface area (TPSA) is 111 Å². The highest BCUT2D eigenvalue weighted by atomic mass is 19.3. The lowest BCUT2D eigenvalue weighted by Crippen LogP contribution is -2.53. The Bertz CT molecular complexity index is 1270. The number of aromatic amines is 1.